The lowest BCUT2D eigenvalue weighted by atomic mass is 10.0. The molecule has 1 aromatic rings. The molecule has 0 radical (unpaired) electrons. The second-order valence-corrected chi connectivity index (χ2v) is 8.35. The Bertz CT molecular complexity index is 732. The predicted molar refractivity (Wildman–Crippen MR) is 88.7 cm³/mol. The number of fused-ring (bicyclic) bond motifs is 1. The second-order valence-electron chi connectivity index (χ2n) is 6.46. The Labute approximate surface area is 137 Å². The maximum atomic E-state index is 13.0. The highest BCUT2D eigenvalue weighted by Crippen LogP contribution is 2.33. The molecule has 1 amide bonds. The van der Waals surface area contributed by atoms with Crippen molar-refractivity contribution >= 4 is 21.6 Å². The number of hydrogen-bond acceptors (Lipinski definition) is 4. The molecule has 1 aromatic carbocycles. The Balaban J connectivity index is 1.95. The highest BCUT2D eigenvalue weighted by molar-refractivity contribution is 7.89. The zero-order valence-corrected chi connectivity index (χ0v) is 14.3. The summed E-state index contributed by atoms with van der Waals surface area (Å²) in [5.74, 6) is -0.0596. The van der Waals surface area contributed by atoms with Crippen molar-refractivity contribution in [2.24, 2.45) is 5.73 Å². The van der Waals surface area contributed by atoms with Gasteiger partial charge in [-0.1, -0.05) is 6.07 Å². The lowest BCUT2D eigenvalue weighted by Crippen LogP contribution is -2.48. The van der Waals surface area contributed by atoms with E-state index in [1.807, 2.05) is 13.0 Å². The molecule has 2 aliphatic rings. The number of carbonyl (C=O) groups is 1. The first-order valence-corrected chi connectivity index (χ1v) is 9.43. The van der Waals surface area contributed by atoms with Crippen molar-refractivity contribution in [3.63, 3.8) is 0 Å². The largest absolute Gasteiger partial charge is 0.328 e. The molecule has 0 unspecified atom stereocenters. The molecule has 0 bridgehead atoms. The Morgan fingerprint density at radius 3 is 2.70 bits per heavy atom. The molecule has 3 rings (SSSR count). The Morgan fingerprint density at radius 2 is 2.04 bits per heavy atom. The zero-order valence-electron chi connectivity index (χ0n) is 13.5. The molecule has 2 heterocycles. The van der Waals surface area contributed by atoms with Gasteiger partial charge in [-0.25, -0.2) is 8.42 Å². The molecular weight excluding hydrogens is 314 g/mol. The van der Waals surface area contributed by atoms with E-state index in [9.17, 15) is 13.2 Å². The third kappa shape index (κ3) is 2.88. The third-order valence-corrected chi connectivity index (χ3v) is 6.80. The van der Waals surface area contributed by atoms with Crippen molar-refractivity contribution in [3.8, 4) is 0 Å². The van der Waals surface area contributed by atoms with E-state index in [0.717, 1.165) is 17.7 Å². The molecule has 2 N–H and O–H groups in total. The van der Waals surface area contributed by atoms with Gasteiger partial charge in [-0.2, -0.15) is 4.31 Å². The van der Waals surface area contributed by atoms with Gasteiger partial charge < -0.3 is 10.6 Å². The Morgan fingerprint density at radius 1 is 1.30 bits per heavy atom. The Hall–Kier alpha value is -1.44. The van der Waals surface area contributed by atoms with Gasteiger partial charge in [0.2, 0.25) is 15.9 Å². The summed E-state index contributed by atoms with van der Waals surface area (Å²) in [5.41, 5.74) is 7.67. The molecule has 7 heteroatoms. The summed E-state index contributed by atoms with van der Waals surface area (Å²) in [5, 5.41) is 0. The highest BCUT2D eigenvalue weighted by Gasteiger charge is 2.34. The standard InChI is InChI=1S/C16H23N3O3S/c1-11-9-14(17)6-8-19(11)23(21,22)15-4-3-13-5-7-18(12(2)20)16(13)10-15/h3-4,10-11,14H,5-9,17H2,1-2H3/t11-,14+/m0/s1. The molecule has 2 aliphatic heterocycles. The van der Waals surface area contributed by atoms with Crippen LogP contribution >= 0.6 is 0 Å². The van der Waals surface area contributed by atoms with Crippen LogP contribution in [0.1, 0.15) is 32.3 Å². The molecule has 2 atom stereocenters. The second kappa shape index (κ2) is 5.89. The summed E-state index contributed by atoms with van der Waals surface area (Å²) >= 11 is 0. The maximum absolute atomic E-state index is 13.0. The average molecular weight is 337 g/mol. The van der Waals surface area contributed by atoms with Crippen molar-refractivity contribution in [2.75, 3.05) is 18.0 Å². The van der Waals surface area contributed by atoms with Crippen LogP contribution in [-0.2, 0) is 21.2 Å². The van der Waals surface area contributed by atoms with E-state index in [0.29, 0.717) is 25.9 Å². The van der Waals surface area contributed by atoms with Crippen molar-refractivity contribution in [2.45, 2.75) is 50.1 Å². The van der Waals surface area contributed by atoms with Gasteiger partial charge in [0.25, 0.3) is 0 Å². The Kier molecular flexibility index (Phi) is 4.20. The average Bonchev–Trinajstić information content (AvgIpc) is 2.89. The van der Waals surface area contributed by atoms with E-state index in [-0.39, 0.29) is 22.9 Å². The molecule has 1 saturated heterocycles. The normalized spacial score (nSPS) is 25.4. The lowest BCUT2D eigenvalue weighted by Gasteiger charge is -2.35. The summed E-state index contributed by atoms with van der Waals surface area (Å²) in [4.78, 5) is 13.6. The van der Waals surface area contributed by atoms with Gasteiger partial charge in [0.15, 0.2) is 0 Å². The third-order valence-electron chi connectivity index (χ3n) is 4.79. The fourth-order valence-corrected chi connectivity index (χ4v) is 5.20. The van der Waals surface area contributed by atoms with Crippen LogP contribution in [0.15, 0.2) is 23.1 Å². The van der Waals surface area contributed by atoms with Crippen molar-refractivity contribution in [1.82, 2.24) is 4.31 Å². The number of hydrogen-bond donors (Lipinski definition) is 1. The highest BCUT2D eigenvalue weighted by atomic mass is 32.2. The summed E-state index contributed by atoms with van der Waals surface area (Å²) in [6.07, 6.45) is 2.11. The molecular formula is C16H23N3O3S. The fourth-order valence-electron chi connectivity index (χ4n) is 3.53. The molecule has 0 aromatic heterocycles. The van der Waals surface area contributed by atoms with Gasteiger partial charge >= 0.3 is 0 Å². The van der Waals surface area contributed by atoms with Gasteiger partial charge in [-0.3, -0.25) is 4.79 Å². The zero-order chi connectivity index (χ0) is 16.8. The topological polar surface area (TPSA) is 83.7 Å². The van der Waals surface area contributed by atoms with Crippen LogP contribution in [0.25, 0.3) is 0 Å². The van der Waals surface area contributed by atoms with Crippen molar-refractivity contribution in [3.05, 3.63) is 23.8 Å². The van der Waals surface area contributed by atoms with Crippen LogP contribution in [0.3, 0.4) is 0 Å². The minimum atomic E-state index is -3.57. The number of carbonyl (C=O) groups excluding carboxylic acids is 1. The van der Waals surface area contributed by atoms with Crippen LogP contribution in [0.4, 0.5) is 5.69 Å². The van der Waals surface area contributed by atoms with Crippen LogP contribution < -0.4 is 10.6 Å². The van der Waals surface area contributed by atoms with Gasteiger partial charge in [-0.15, -0.1) is 0 Å². The first-order chi connectivity index (χ1) is 10.8. The van der Waals surface area contributed by atoms with E-state index in [1.165, 1.54) is 11.2 Å². The molecule has 0 spiro atoms. The van der Waals surface area contributed by atoms with Gasteiger partial charge in [-0.05, 0) is 43.9 Å². The number of rotatable bonds is 2. The van der Waals surface area contributed by atoms with Crippen LogP contribution in [-0.4, -0.2) is 43.8 Å². The molecule has 126 valence electrons. The van der Waals surface area contributed by atoms with Crippen LogP contribution in [0, 0.1) is 0 Å². The van der Waals surface area contributed by atoms with E-state index in [2.05, 4.69) is 0 Å². The molecule has 0 aliphatic carbocycles. The van der Waals surface area contributed by atoms with E-state index in [1.54, 1.807) is 17.0 Å². The fraction of sp³-hybridized carbons (Fsp3) is 0.562. The summed E-state index contributed by atoms with van der Waals surface area (Å²) in [6.45, 7) is 4.46. The van der Waals surface area contributed by atoms with Gasteiger partial charge in [0.1, 0.15) is 0 Å². The number of nitrogens with two attached hydrogens (primary N) is 1. The van der Waals surface area contributed by atoms with Gasteiger partial charge in [0, 0.05) is 37.8 Å². The number of nitrogens with zero attached hydrogens (tertiary/aromatic N) is 2. The summed E-state index contributed by atoms with van der Waals surface area (Å²) in [7, 11) is -3.57. The van der Waals surface area contributed by atoms with E-state index >= 15 is 0 Å². The smallest absolute Gasteiger partial charge is 0.243 e. The summed E-state index contributed by atoms with van der Waals surface area (Å²) in [6, 6.07) is 5.07. The van der Waals surface area contributed by atoms with Crippen LogP contribution in [0.5, 0.6) is 0 Å². The summed E-state index contributed by atoms with van der Waals surface area (Å²) < 4.78 is 27.5. The maximum Gasteiger partial charge on any atom is 0.243 e. The molecule has 6 nitrogen and oxygen atoms in total. The monoisotopic (exact) mass is 337 g/mol. The number of piperidine rings is 1. The minimum Gasteiger partial charge on any atom is -0.328 e. The number of benzene rings is 1. The van der Waals surface area contributed by atoms with E-state index < -0.39 is 10.0 Å². The SMILES string of the molecule is CC(=O)N1CCc2ccc(S(=O)(=O)N3CC[C@@H](N)C[C@@H]3C)cc21. The van der Waals surface area contributed by atoms with Crippen LogP contribution in [0.2, 0.25) is 0 Å². The molecule has 23 heavy (non-hydrogen) atoms. The van der Waals surface area contributed by atoms with Gasteiger partial charge in [0.05, 0.1) is 4.90 Å². The number of sulfonamides is 1. The minimum absolute atomic E-state index is 0.0596. The predicted octanol–water partition coefficient (Wildman–Crippen LogP) is 1.10. The quantitative estimate of drug-likeness (QED) is 0.876. The van der Waals surface area contributed by atoms with Crippen molar-refractivity contribution in [1.29, 1.82) is 0 Å². The van der Waals surface area contributed by atoms with E-state index in [4.69, 9.17) is 5.73 Å². The van der Waals surface area contributed by atoms with Crippen molar-refractivity contribution < 1.29 is 13.2 Å². The number of amides is 1. The number of anilines is 1. The molecule has 1 fully saturated rings. The molecule has 0 saturated carbocycles. The first-order valence-electron chi connectivity index (χ1n) is 7.99. The lowest BCUT2D eigenvalue weighted by molar-refractivity contribution is -0.116. The first kappa shape index (κ1) is 16.4.